The Morgan fingerprint density at radius 1 is 1.00 bits per heavy atom. The van der Waals surface area contributed by atoms with E-state index in [4.69, 9.17) is 21.1 Å². The number of rotatable bonds is 13. The Morgan fingerprint density at radius 3 is 2.37 bits per heavy atom. The molecule has 0 aromatic heterocycles. The van der Waals surface area contributed by atoms with Crippen molar-refractivity contribution < 1.29 is 14.6 Å². The summed E-state index contributed by atoms with van der Waals surface area (Å²) >= 11 is 6.55. The number of hydrogen-bond donors (Lipinski definition) is 1. The molecule has 0 radical (unpaired) electrons. The summed E-state index contributed by atoms with van der Waals surface area (Å²) in [6, 6.07) is 13.5. The molecule has 0 heterocycles. The van der Waals surface area contributed by atoms with Crippen LogP contribution in [0, 0.1) is 6.92 Å². The van der Waals surface area contributed by atoms with E-state index in [0.29, 0.717) is 30.2 Å². The average molecular weight is 434 g/mol. The summed E-state index contributed by atoms with van der Waals surface area (Å²) in [5, 5.41) is 12.3. The Morgan fingerprint density at radius 2 is 1.70 bits per heavy atom. The number of para-hydroxylation sites is 1. The highest BCUT2D eigenvalue weighted by atomic mass is 35.5. The fourth-order valence-corrected chi connectivity index (χ4v) is 3.89. The molecule has 0 aliphatic carbocycles. The maximum atomic E-state index is 11.8. The van der Waals surface area contributed by atoms with Crippen LogP contribution >= 0.6 is 11.6 Å². The fourth-order valence-electron chi connectivity index (χ4n) is 3.68. The lowest BCUT2D eigenvalue weighted by molar-refractivity contribution is 0.00991. The van der Waals surface area contributed by atoms with E-state index in [1.807, 2.05) is 49.4 Å². The molecule has 0 bridgehead atoms. The Bertz CT molecular complexity index is 781. The van der Waals surface area contributed by atoms with E-state index in [-0.39, 0.29) is 0 Å². The monoisotopic (exact) mass is 433 g/mol. The molecule has 2 aromatic rings. The molecule has 0 saturated heterocycles. The highest BCUT2D eigenvalue weighted by molar-refractivity contribution is 6.32. The predicted molar refractivity (Wildman–Crippen MR) is 125 cm³/mol. The summed E-state index contributed by atoms with van der Waals surface area (Å²) in [4.78, 5) is 2.17. The van der Waals surface area contributed by atoms with E-state index in [1.165, 1.54) is 0 Å². The van der Waals surface area contributed by atoms with Crippen LogP contribution in [-0.4, -0.2) is 44.4 Å². The lowest BCUT2D eigenvalue weighted by Gasteiger charge is -2.31. The third-order valence-electron chi connectivity index (χ3n) is 5.31. The minimum Gasteiger partial charge on any atom is -0.455 e. The molecule has 0 aliphatic rings. The lowest BCUT2D eigenvalue weighted by Crippen LogP contribution is -2.27. The van der Waals surface area contributed by atoms with Crippen LogP contribution in [0.5, 0.6) is 11.5 Å². The van der Waals surface area contributed by atoms with Gasteiger partial charge in [-0.05, 0) is 89.9 Å². The van der Waals surface area contributed by atoms with Gasteiger partial charge >= 0.3 is 0 Å². The van der Waals surface area contributed by atoms with Gasteiger partial charge in [0.25, 0.3) is 0 Å². The van der Waals surface area contributed by atoms with Crippen molar-refractivity contribution in [2.75, 3.05) is 34.4 Å². The molecular weight excluding hydrogens is 398 g/mol. The van der Waals surface area contributed by atoms with Crippen LogP contribution in [0.15, 0.2) is 42.5 Å². The van der Waals surface area contributed by atoms with Crippen molar-refractivity contribution in [2.45, 2.75) is 51.0 Å². The minimum atomic E-state index is -0.996. The normalized spacial score (nSPS) is 13.4. The molecule has 0 amide bonds. The number of unbranched alkanes of at least 4 members (excludes halogenated alkanes) is 2. The number of halogens is 1. The average Bonchev–Trinajstić information content (AvgIpc) is 2.70. The van der Waals surface area contributed by atoms with Crippen molar-refractivity contribution >= 4 is 11.6 Å². The second-order valence-corrected chi connectivity index (χ2v) is 8.68. The fraction of sp³-hybridized carbons (Fsp3) is 0.520. The number of nitrogens with zero attached hydrogens (tertiary/aromatic N) is 1. The van der Waals surface area contributed by atoms with Gasteiger partial charge in [0.1, 0.15) is 5.75 Å². The largest absolute Gasteiger partial charge is 0.455 e. The highest BCUT2D eigenvalue weighted by Gasteiger charge is 2.32. The minimum absolute atomic E-state index is 0.512. The van der Waals surface area contributed by atoms with E-state index >= 15 is 0 Å². The summed E-state index contributed by atoms with van der Waals surface area (Å²) < 4.78 is 11.4. The Labute approximate surface area is 186 Å². The summed E-state index contributed by atoms with van der Waals surface area (Å²) in [6.45, 7) is 3.72. The van der Waals surface area contributed by atoms with Crippen LogP contribution in [-0.2, 0) is 10.3 Å². The Kier molecular flexibility index (Phi) is 10.1. The van der Waals surface area contributed by atoms with Gasteiger partial charge in [0.15, 0.2) is 5.75 Å². The zero-order chi connectivity index (χ0) is 22.0. The van der Waals surface area contributed by atoms with Crippen molar-refractivity contribution in [3.8, 4) is 11.5 Å². The first kappa shape index (κ1) is 24.7. The van der Waals surface area contributed by atoms with Gasteiger partial charge in [-0.25, -0.2) is 0 Å². The number of hydrogen-bond acceptors (Lipinski definition) is 4. The Hall–Kier alpha value is -1.59. The Balaban J connectivity index is 2.29. The topological polar surface area (TPSA) is 41.9 Å². The third-order valence-corrected chi connectivity index (χ3v) is 5.61. The van der Waals surface area contributed by atoms with E-state index < -0.39 is 5.60 Å². The molecule has 1 N–H and O–H groups in total. The lowest BCUT2D eigenvalue weighted by atomic mass is 9.83. The van der Waals surface area contributed by atoms with Crippen molar-refractivity contribution in [3.63, 3.8) is 0 Å². The van der Waals surface area contributed by atoms with Crippen molar-refractivity contribution in [1.29, 1.82) is 0 Å². The van der Waals surface area contributed by atoms with Gasteiger partial charge in [0.05, 0.1) is 10.6 Å². The van der Waals surface area contributed by atoms with Crippen molar-refractivity contribution in [2.24, 2.45) is 0 Å². The first-order chi connectivity index (χ1) is 14.4. The van der Waals surface area contributed by atoms with Gasteiger partial charge in [-0.3, -0.25) is 0 Å². The van der Waals surface area contributed by atoms with Crippen LogP contribution in [0.2, 0.25) is 5.02 Å². The molecule has 0 spiro atoms. The molecule has 0 saturated carbocycles. The highest BCUT2D eigenvalue weighted by Crippen LogP contribution is 2.43. The van der Waals surface area contributed by atoms with Gasteiger partial charge in [0.2, 0.25) is 0 Å². The maximum Gasteiger partial charge on any atom is 0.152 e. The van der Waals surface area contributed by atoms with E-state index in [9.17, 15) is 5.11 Å². The zero-order valence-corrected chi connectivity index (χ0v) is 19.5. The number of aryl methyl sites for hydroxylation is 1. The second-order valence-electron chi connectivity index (χ2n) is 8.28. The van der Waals surface area contributed by atoms with Gasteiger partial charge < -0.3 is 19.5 Å². The molecular formula is C25H36ClNO3. The molecule has 2 aromatic carbocycles. The summed E-state index contributed by atoms with van der Waals surface area (Å²) in [5.74, 6) is 1.27. The van der Waals surface area contributed by atoms with E-state index in [1.54, 1.807) is 7.11 Å². The van der Waals surface area contributed by atoms with Gasteiger partial charge in [-0.2, -0.15) is 0 Å². The van der Waals surface area contributed by atoms with Crippen LogP contribution in [0.3, 0.4) is 0 Å². The molecule has 0 fully saturated rings. The van der Waals surface area contributed by atoms with E-state index in [2.05, 4.69) is 19.0 Å². The molecule has 30 heavy (non-hydrogen) atoms. The molecule has 4 nitrogen and oxygen atoms in total. The van der Waals surface area contributed by atoms with Crippen molar-refractivity contribution in [1.82, 2.24) is 4.90 Å². The van der Waals surface area contributed by atoms with Crippen LogP contribution in [0.25, 0.3) is 0 Å². The summed E-state index contributed by atoms with van der Waals surface area (Å²) in [7, 11) is 5.85. The summed E-state index contributed by atoms with van der Waals surface area (Å²) in [5.41, 5.74) is 0.878. The van der Waals surface area contributed by atoms with Crippen LogP contribution < -0.4 is 4.74 Å². The maximum absolute atomic E-state index is 11.8. The number of methoxy groups -OCH3 is 1. The van der Waals surface area contributed by atoms with Crippen LogP contribution in [0.1, 0.15) is 49.7 Å². The molecule has 1 atom stereocenters. The van der Waals surface area contributed by atoms with Gasteiger partial charge in [0, 0.05) is 19.3 Å². The van der Waals surface area contributed by atoms with Crippen molar-refractivity contribution in [3.05, 3.63) is 58.6 Å². The first-order valence-electron chi connectivity index (χ1n) is 10.8. The predicted octanol–water partition coefficient (Wildman–Crippen LogP) is 6.18. The molecule has 2 rings (SSSR count). The number of benzene rings is 2. The molecule has 1 unspecified atom stereocenters. The quantitative estimate of drug-likeness (QED) is 0.383. The SMILES string of the molecule is COCCCCC(O)(CCCCN(C)C)c1cccc(Cl)c1Oc1cccc(C)c1. The second kappa shape index (κ2) is 12.3. The number of ether oxygens (including phenoxy) is 2. The smallest absolute Gasteiger partial charge is 0.152 e. The summed E-state index contributed by atoms with van der Waals surface area (Å²) in [6.07, 6.45) is 5.04. The van der Waals surface area contributed by atoms with Gasteiger partial charge in [-0.1, -0.05) is 35.9 Å². The molecule has 0 aliphatic heterocycles. The van der Waals surface area contributed by atoms with E-state index in [0.717, 1.165) is 49.1 Å². The first-order valence-corrected chi connectivity index (χ1v) is 11.1. The third kappa shape index (κ3) is 7.59. The zero-order valence-electron chi connectivity index (χ0n) is 18.8. The van der Waals surface area contributed by atoms with Crippen LogP contribution in [0.4, 0.5) is 0 Å². The molecule has 166 valence electrons. The molecule has 5 heteroatoms. The van der Waals surface area contributed by atoms with Gasteiger partial charge in [-0.15, -0.1) is 0 Å². The standard InChI is InChI=1S/C25H36ClNO3/c1-20-11-9-12-21(19-20)30-24-22(13-10-14-23(24)26)25(28,16-6-8-18-29-4)15-5-7-17-27(2)3/h9-14,19,28H,5-8,15-18H2,1-4H3. The number of aliphatic hydroxyl groups is 1.